The van der Waals surface area contributed by atoms with Crippen molar-refractivity contribution >= 4 is 5.91 Å². The molecule has 0 bridgehead atoms. The van der Waals surface area contributed by atoms with Crippen molar-refractivity contribution < 1.29 is 14.6 Å². The summed E-state index contributed by atoms with van der Waals surface area (Å²) in [6.45, 7) is 1.46. The lowest BCUT2D eigenvalue weighted by atomic mass is 10.2. The molecule has 1 rings (SSSR count). The maximum Gasteiger partial charge on any atom is 0.248 e. The first-order valence-electron chi connectivity index (χ1n) is 4.66. The predicted molar refractivity (Wildman–Crippen MR) is 48.3 cm³/mol. The van der Waals surface area contributed by atoms with Crippen molar-refractivity contribution in [3.8, 4) is 0 Å². The Morgan fingerprint density at radius 3 is 2.85 bits per heavy atom. The normalized spacial score (nSPS) is 30.1. The second-order valence-electron chi connectivity index (χ2n) is 3.50. The molecular weight excluding hydrogens is 170 g/mol. The molecule has 1 aliphatic carbocycles. The first-order valence-corrected chi connectivity index (χ1v) is 4.66. The van der Waals surface area contributed by atoms with Crippen LogP contribution in [0.15, 0.2) is 0 Å². The van der Waals surface area contributed by atoms with Crippen LogP contribution < -0.4 is 5.32 Å². The van der Waals surface area contributed by atoms with E-state index in [0.29, 0.717) is 0 Å². The summed E-state index contributed by atoms with van der Waals surface area (Å²) < 4.78 is 5.21. The average Bonchev–Trinajstić information content (AvgIpc) is 2.51. The molecule has 76 valence electrons. The van der Waals surface area contributed by atoms with Crippen LogP contribution in [0.1, 0.15) is 26.2 Å². The Bertz CT molecular complexity index is 182. The molecule has 3 atom stereocenters. The van der Waals surface area contributed by atoms with Gasteiger partial charge in [0.1, 0.15) is 6.10 Å². The number of rotatable bonds is 3. The summed E-state index contributed by atoms with van der Waals surface area (Å²) in [6.07, 6.45) is 2.18. The number of aliphatic hydroxyl groups is 1. The fourth-order valence-corrected chi connectivity index (χ4v) is 1.68. The maximum absolute atomic E-state index is 11.1. The van der Waals surface area contributed by atoms with E-state index in [4.69, 9.17) is 9.84 Å². The lowest BCUT2D eigenvalue weighted by Crippen LogP contribution is -2.44. The monoisotopic (exact) mass is 187 g/mol. The molecule has 1 saturated carbocycles. The van der Waals surface area contributed by atoms with Crippen molar-refractivity contribution in [2.45, 2.75) is 44.4 Å². The zero-order chi connectivity index (χ0) is 9.84. The van der Waals surface area contributed by atoms with Crippen molar-refractivity contribution in [3.05, 3.63) is 0 Å². The highest BCUT2D eigenvalue weighted by molar-refractivity contribution is 5.80. The van der Waals surface area contributed by atoms with Crippen molar-refractivity contribution in [1.29, 1.82) is 0 Å². The predicted octanol–water partition coefficient (Wildman–Crippen LogP) is 0.0509. The van der Waals surface area contributed by atoms with Gasteiger partial charge in [-0.1, -0.05) is 0 Å². The molecule has 4 nitrogen and oxygen atoms in total. The fourth-order valence-electron chi connectivity index (χ4n) is 1.68. The third-order valence-electron chi connectivity index (χ3n) is 2.46. The quantitative estimate of drug-likeness (QED) is 0.656. The van der Waals surface area contributed by atoms with Gasteiger partial charge in [-0.15, -0.1) is 0 Å². The standard InChI is InChI=1S/C9H17NO3/c1-6(11)9(12)10-7-4-3-5-8(7)13-2/h6-8,11H,3-5H2,1-2H3,(H,10,12)/t6-,7?,8?/m0/s1. The Morgan fingerprint density at radius 2 is 2.31 bits per heavy atom. The summed E-state index contributed by atoms with van der Waals surface area (Å²) in [5, 5.41) is 11.8. The number of hydrogen-bond acceptors (Lipinski definition) is 3. The molecule has 2 N–H and O–H groups in total. The number of methoxy groups -OCH3 is 1. The van der Waals surface area contributed by atoms with Gasteiger partial charge >= 0.3 is 0 Å². The van der Waals surface area contributed by atoms with Crippen molar-refractivity contribution in [3.63, 3.8) is 0 Å². The minimum Gasteiger partial charge on any atom is -0.384 e. The maximum atomic E-state index is 11.1. The van der Waals surface area contributed by atoms with Crippen LogP contribution in [0.3, 0.4) is 0 Å². The van der Waals surface area contributed by atoms with Crippen LogP contribution in [0, 0.1) is 0 Å². The first-order chi connectivity index (χ1) is 6.15. The summed E-state index contributed by atoms with van der Waals surface area (Å²) in [6, 6.07) is 0.0760. The Labute approximate surface area is 78.3 Å². The molecule has 13 heavy (non-hydrogen) atoms. The van der Waals surface area contributed by atoms with Gasteiger partial charge in [-0.05, 0) is 26.2 Å². The Kier molecular flexibility index (Phi) is 3.69. The average molecular weight is 187 g/mol. The molecule has 1 aliphatic rings. The summed E-state index contributed by atoms with van der Waals surface area (Å²) >= 11 is 0. The highest BCUT2D eigenvalue weighted by Gasteiger charge is 2.28. The van der Waals surface area contributed by atoms with Gasteiger partial charge in [0.25, 0.3) is 0 Å². The number of aliphatic hydroxyl groups excluding tert-OH is 1. The van der Waals surface area contributed by atoms with Crippen LogP contribution in [0.5, 0.6) is 0 Å². The van der Waals surface area contributed by atoms with Gasteiger partial charge < -0.3 is 15.2 Å². The smallest absolute Gasteiger partial charge is 0.248 e. The topological polar surface area (TPSA) is 58.6 Å². The molecule has 0 spiro atoms. The number of hydrogen-bond donors (Lipinski definition) is 2. The summed E-state index contributed by atoms with van der Waals surface area (Å²) in [5.74, 6) is -0.311. The van der Waals surface area contributed by atoms with E-state index < -0.39 is 6.10 Å². The molecule has 1 fully saturated rings. The van der Waals surface area contributed by atoms with Crippen LogP contribution in [0.4, 0.5) is 0 Å². The molecule has 0 radical (unpaired) electrons. The lowest BCUT2D eigenvalue weighted by Gasteiger charge is -2.20. The number of ether oxygens (including phenoxy) is 1. The third kappa shape index (κ3) is 2.67. The van der Waals surface area contributed by atoms with Crippen LogP contribution in [0.25, 0.3) is 0 Å². The number of carbonyl (C=O) groups is 1. The SMILES string of the molecule is COC1CCCC1NC(=O)[C@H](C)O. The van der Waals surface area contributed by atoms with E-state index in [1.54, 1.807) is 7.11 Å². The first kappa shape index (κ1) is 10.5. The van der Waals surface area contributed by atoms with E-state index in [1.165, 1.54) is 6.92 Å². The molecule has 0 aromatic rings. The van der Waals surface area contributed by atoms with Gasteiger partial charge in [0.2, 0.25) is 5.91 Å². The van der Waals surface area contributed by atoms with E-state index in [-0.39, 0.29) is 18.1 Å². The second-order valence-corrected chi connectivity index (χ2v) is 3.50. The fraction of sp³-hybridized carbons (Fsp3) is 0.889. The molecule has 0 aliphatic heterocycles. The number of carbonyl (C=O) groups excluding carboxylic acids is 1. The molecule has 1 amide bonds. The Morgan fingerprint density at radius 1 is 1.62 bits per heavy atom. The Hall–Kier alpha value is -0.610. The van der Waals surface area contributed by atoms with E-state index in [9.17, 15) is 4.79 Å². The zero-order valence-corrected chi connectivity index (χ0v) is 8.12. The van der Waals surface area contributed by atoms with Gasteiger partial charge in [-0.25, -0.2) is 0 Å². The van der Waals surface area contributed by atoms with Crippen molar-refractivity contribution in [1.82, 2.24) is 5.32 Å². The van der Waals surface area contributed by atoms with Crippen molar-refractivity contribution in [2.75, 3.05) is 7.11 Å². The number of nitrogens with one attached hydrogen (secondary N) is 1. The van der Waals surface area contributed by atoms with E-state index >= 15 is 0 Å². The van der Waals surface area contributed by atoms with Crippen LogP contribution in [0.2, 0.25) is 0 Å². The lowest BCUT2D eigenvalue weighted by molar-refractivity contribution is -0.130. The molecule has 0 heterocycles. The summed E-state index contributed by atoms with van der Waals surface area (Å²) in [5.41, 5.74) is 0. The van der Waals surface area contributed by atoms with Crippen LogP contribution in [-0.4, -0.2) is 36.4 Å². The minimum atomic E-state index is -0.932. The van der Waals surface area contributed by atoms with Gasteiger partial charge in [0.15, 0.2) is 0 Å². The molecular formula is C9H17NO3. The molecule has 4 heteroatoms. The highest BCUT2D eigenvalue weighted by atomic mass is 16.5. The van der Waals surface area contributed by atoms with Gasteiger partial charge in [-0.3, -0.25) is 4.79 Å². The number of amides is 1. The largest absolute Gasteiger partial charge is 0.384 e. The minimum absolute atomic E-state index is 0.0760. The molecule has 0 aromatic heterocycles. The van der Waals surface area contributed by atoms with Crippen LogP contribution in [-0.2, 0) is 9.53 Å². The van der Waals surface area contributed by atoms with E-state index in [2.05, 4.69) is 5.32 Å². The third-order valence-corrected chi connectivity index (χ3v) is 2.46. The van der Waals surface area contributed by atoms with Gasteiger partial charge in [0, 0.05) is 7.11 Å². The summed E-state index contributed by atoms with van der Waals surface area (Å²) in [7, 11) is 1.65. The van der Waals surface area contributed by atoms with Crippen molar-refractivity contribution in [2.24, 2.45) is 0 Å². The highest BCUT2D eigenvalue weighted by Crippen LogP contribution is 2.21. The molecule has 2 unspecified atom stereocenters. The van der Waals surface area contributed by atoms with Crippen LogP contribution >= 0.6 is 0 Å². The van der Waals surface area contributed by atoms with Gasteiger partial charge in [0.05, 0.1) is 12.1 Å². The summed E-state index contributed by atoms with van der Waals surface area (Å²) in [4.78, 5) is 11.1. The molecule has 0 aromatic carbocycles. The zero-order valence-electron chi connectivity index (χ0n) is 8.12. The van der Waals surface area contributed by atoms with E-state index in [1.807, 2.05) is 0 Å². The van der Waals surface area contributed by atoms with Gasteiger partial charge in [-0.2, -0.15) is 0 Å². The molecule has 0 saturated heterocycles. The Balaban J connectivity index is 2.39. The second kappa shape index (κ2) is 4.58. The van der Waals surface area contributed by atoms with E-state index in [0.717, 1.165) is 19.3 Å².